The van der Waals surface area contributed by atoms with Gasteiger partial charge in [0.25, 0.3) is 0 Å². The lowest BCUT2D eigenvalue weighted by Gasteiger charge is -2.01. The van der Waals surface area contributed by atoms with Crippen molar-refractivity contribution in [2.24, 2.45) is 5.10 Å². The van der Waals surface area contributed by atoms with Crippen LogP contribution in [0.5, 0.6) is 0 Å². The van der Waals surface area contributed by atoms with E-state index in [2.05, 4.69) is 9.84 Å². The molecule has 0 aliphatic carbocycles. The molecule has 4 nitrogen and oxygen atoms in total. The van der Waals surface area contributed by atoms with Gasteiger partial charge in [0.05, 0.1) is 6.61 Å². The quantitative estimate of drug-likeness (QED) is 0.397. The van der Waals surface area contributed by atoms with Crippen LogP contribution in [0.25, 0.3) is 0 Å². The van der Waals surface area contributed by atoms with Crippen molar-refractivity contribution in [2.45, 2.75) is 13.1 Å². The van der Waals surface area contributed by atoms with Gasteiger partial charge in [-0.25, -0.2) is 5.43 Å². The van der Waals surface area contributed by atoms with Gasteiger partial charge < -0.3 is 4.74 Å². The molecule has 1 N–H and O–H groups in total. The van der Waals surface area contributed by atoms with Crippen molar-refractivity contribution < 1.29 is 22.7 Å². The van der Waals surface area contributed by atoms with E-state index in [1.807, 2.05) is 0 Å². The molecule has 12 heavy (non-hydrogen) atoms. The zero-order valence-electron chi connectivity index (χ0n) is 6.18. The molecule has 7 heteroatoms. The Balaban J connectivity index is 3.72. The molecule has 0 heterocycles. The van der Waals surface area contributed by atoms with Crippen molar-refractivity contribution in [3.8, 4) is 0 Å². The summed E-state index contributed by atoms with van der Waals surface area (Å²) in [5, 5.41) is 2.86. The summed E-state index contributed by atoms with van der Waals surface area (Å²) < 4.78 is 38.7. The van der Waals surface area contributed by atoms with Crippen molar-refractivity contribution in [3.05, 3.63) is 0 Å². The minimum atomic E-state index is -4.91. The van der Waals surface area contributed by atoms with Gasteiger partial charge in [-0.05, 0) is 6.92 Å². The highest BCUT2D eigenvalue weighted by Gasteiger charge is 2.38. The summed E-state index contributed by atoms with van der Waals surface area (Å²) in [5.41, 5.74) is 1.24. The van der Waals surface area contributed by atoms with Gasteiger partial charge in [0.15, 0.2) is 6.40 Å². The summed E-state index contributed by atoms with van der Waals surface area (Å²) in [6.45, 7) is 1.89. The Labute approximate surface area is 66.4 Å². The first-order valence-electron chi connectivity index (χ1n) is 2.98. The molecular formula is C5H7F3N2O2. The van der Waals surface area contributed by atoms with Crippen LogP contribution in [0.1, 0.15) is 6.92 Å². The normalized spacial score (nSPS) is 11.7. The predicted molar refractivity (Wildman–Crippen MR) is 34.3 cm³/mol. The van der Waals surface area contributed by atoms with Gasteiger partial charge in [0.2, 0.25) is 0 Å². The van der Waals surface area contributed by atoms with Gasteiger partial charge in [0.1, 0.15) is 0 Å². The van der Waals surface area contributed by atoms with Crippen LogP contribution >= 0.6 is 0 Å². The number of hydrogen-bond acceptors (Lipinski definition) is 3. The van der Waals surface area contributed by atoms with Crippen molar-refractivity contribution in [2.75, 3.05) is 6.61 Å². The van der Waals surface area contributed by atoms with Crippen molar-refractivity contribution in [3.63, 3.8) is 0 Å². The molecule has 0 aliphatic rings. The minimum absolute atomic E-state index is 0.269. The van der Waals surface area contributed by atoms with E-state index in [9.17, 15) is 18.0 Å². The van der Waals surface area contributed by atoms with Gasteiger partial charge in [-0.15, -0.1) is 5.10 Å². The number of nitrogens with one attached hydrogen (secondary N) is 1. The maximum atomic E-state index is 11.4. The Bertz CT molecular complexity index is 178. The highest BCUT2D eigenvalue weighted by atomic mass is 19.4. The maximum absolute atomic E-state index is 11.4. The van der Waals surface area contributed by atoms with Crippen LogP contribution in [0.4, 0.5) is 13.2 Å². The zero-order chi connectivity index (χ0) is 9.61. The Kier molecular flexibility index (Phi) is 4.09. The van der Waals surface area contributed by atoms with E-state index in [1.54, 1.807) is 6.92 Å². The molecule has 0 fully saturated rings. The fraction of sp³-hybridized carbons (Fsp3) is 0.600. The lowest BCUT2D eigenvalue weighted by Crippen LogP contribution is -2.33. The molecule has 0 bridgehead atoms. The molecule has 0 rings (SSSR count). The fourth-order valence-electron chi connectivity index (χ4n) is 0.260. The van der Waals surface area contributed by atoms with Crippen LogP contribution in [0.3, 0.4) is 0 Å². The van der Waals surface area contributed by atoms with E-state index >= 15 is 0 Å². The lowest BCUT2D eigenvalue weighted by atomic mass is 10.6. The van der Waals surface area contributed by atoms with Crippen LogP contribution in [-0.4, -0.2) is 25.1 Å². The molecule has 0 saturated carbocycles. The number of nitrogens with zero attached hydrogens (tertiary/aromatic N) is 1. The highest BCUT2D eigenvalue weighted by molar-refractivity contribution is 5.81. The maximum Gasteiger partial charge on any atom is 0.473 e. The first kappa shape index (κ1) is 10.7. The molecular weight excluding hydrogens is 177 g/mol. The second-order valence-corrected chi connectivity index (χ2v) is 1.63. The molecule has 0 aliphatic heterocycles. The van der Waals surface area contributed by atoms with Gasteiger partial charge in [0, 0.05) is 0 Å². The van der Waals surface area contributed by atoms with Crippen LogP contribution in [0.15, 0.2) is 5.10 Å². The highest BCUT2D eigenvalue weighted by Crippen LogP contribution is 2.13. The molecule has 0 aromatic carbocycles. The second-order valence-electron chi connectivity index (χ2n) is 1.63. The first-order chi connectivity index (χ1) is 5.48. The number of alkyl halides is 3. The summed E-state index contributed by atoms with van der Waals surface area (Å²) in [5.74, 6) is -2.13. The third-order valence-electron chi connectivity index (χ3n) is 0.717. The van der Waals surface area contributed by atoms with Crippen molar-refractivity contribution in [1.29, 1.82) is 0 Å². The molecule has 0 atom stereocenters. The van der Waals surface area contributed by atoms with Gasteiger partial charge >= 0.3 is 12.1 Å². The molecule has 70 valence electrons. The van der Waals surface area contributed by atoms with Crippen LogP contribution in [0, 0.1) is 0 Å². The van der Waals surface area contributed by atoms with Crippen molar-refractivity contribution in [1.82, 2.24) is 5.43 Å². The summed E-state index contributed by atoms with van der Waals surface area (Å²) in [6, 6.07) is 0. The van der Waals surface area contributed by atoms with E-state index in [0.29, 0.717) is 0 Å². The Hall–Kier alpha value is -1.27. The fourth-order valence-corrected chi connectivity index (χ4v) is 0.260. The number of ether oxygens (including phenoxy) is 1. The number of hydrogen-bond donors (Lipinski definition) is 1. The minimum Gasteiger partial charge on any atom is -0.482 e. The van der Waals surface area contributed by atoms with Gasteiger partial charge in [-0.2, -0.15) is 13.2 Å². The molecule has 0 radical (unpaired) electrons. The number of carbonyl (C=O) groups excluding carboxylic acids is 1. The van der Waals surface area contributed by atoms with Crippen LogP contribution in [-0.2, 0) is 9.53 Å². The Morgan fingerprint density at radius 2 is 2.25 bits per heavy atom. The number of halogens is 3. The second kappa shape index (κ2) is 4.58. The van der Waals surface area contributed by atoms with Gasteiger partial charge in [-0.1, -0.05) is 0 Å². The Morgan fingerprint density at radius 3 is 2.67 bits per heavy atom. The number of hydrazone groups is 1. The predicted octanol–water partition coefficient (Wildman–Crippen LogP) is 0.645. The summed E-state index contributed by atoms with van der Waals surface area (Å²) in [4.78, 5) is 10.0. The molecule has 0 saturated heterocycles. The molecule has 0 aromatic heterocycles. The largest absolute Gasteiger partial charge is 0.482 e. The first-order valence-corrected chi connectivity index (χ1v) is 2.98. The summed E-state index contributed by atoms with van der Waals surface area (Å²) >= 11 is 0. The van der Waals surface area contributed by atoms with Gasteiger partial charge in [-0.3, -0.25) is 4.79 Å². The SMILES string of the molecule is CCO/C=N/NC(=O)C(F)(F)F. The van der Waals surface area contributed by atoms with E-state index in [-0.39, 0.29) is 6.61 Å². The average Bonchev–Trinajstić information content (AvgIpc) is 1.96. The van der Waals surface area contributed by atoms with Crippen LogP contribution < -0.4 is 5.43 Å². The van der Waals surface area contributed by atoms with E-state index < -0.39 is 12.1 Å². The third kappa shape index (κ3) is 4.53. The standard InChI is InChI=1S/C5H7F3N2O2/c1-2-12-3-9-10-4(11)5(6,7)8/h3H,2H2,1H3,(H,10,11)/b9-3+. The molecule has 1 amide bonds. The van der Waals surface area contributed by atoms with E-state index in [0.717, 1.165) is 6.40 Å². The summed E-state index contributed by atoms with van der Waals surface area (Å²) in [7, 11) is 0. The Morgan fingerprint density at radius 1 is 1.67 bits per heavy atom. The third-order valence-corrected chi connectivity index (χ3v) is 0.717. The molecule has 0 spiro atoms. The smallest absolute Gasteiger partial charge is 0.473 e. The molecule has 0 aromatic rings. The molecule has 0 unspecified atom stereocenters. The van der Waals surface area contributed by atoms with E-state index in [1.165, 1.54) is 5.43 Å². The van der Waals surface area contributed by atoms with Crippen molar-refractivity contribution >= 4 is 12.3 Å². The number of carbonyl (C=O) groups is 1. The lowest BCUT2D eigenvalue weighted by molar-refractivity contribution is -0.173. The van der Waals surface area contributed by atoms with Crippen LogP contribution in [0.2, 0.25) is 0 Å². The number of amides is 1. The summed E-state index contributed by atoms with van der Waals surface area (Å²) in [6.07, 6.45) is -4.19. The monoisotopic (exact) mass is 184 g/mol. The number of rotatable bonds is 3. The topological polar surface area (TPSA) is 50.7 Å². The zero-order valence-corrected chi connectivity index (χ0v) is 6.18. The average molecular weight is 184 g/mol. The van der Waals surface area contributed by atoms with E-state index in [4.69, 9.17) is 0 Å².